The van der Waals surface area contributed by atoms with Crippen molar-refractivity contribution in [3.05, 3.63) is 22.5 Å². The summed E-state index contributed by atoms with van der Waals surface area (Å²) in [5, 5.41) is 10.4. The van der Waals surface area contributed by atoms with Crippen molar-refractivity contribution in [1.29, 1.82) is 0 Å². The predicted octanol–water partition coefficient (Wildman–Crippen LogP) is 0.807. The topological polar surface area (TPSA) is 135 Å². The Bertz CT molecular complexity index is 838. The molecule has 1 aromatic rings. The number of phosphoric ester groups is 1. The molecule has 2 fully saturated rings. The molecule has 0 amide bonds. The number of alkyl halides is 2. The molecule has 3 rings (SSSR count). The summed E-state index contributed by atoms with van der Waals surface area (Å²) in [7, 11) is -4.28. The van der Waals surface area contributed by atoms with Crippen LogP contribution < -0.4 is 11.4 Å². The van der Waals surface area contributed by atoms with Crippen LogP contribution in [0.2, 0.25) is 0 Å². The third-order valence-electron chi connectivity index (χ3n) is 4.03. The zero-order chi connectivity index (χ0) is 20.1. The van der Waals surface area contributed by atoms with Crippen LogP contribution in [0.3, 0.4) is 0 Å². The van der Waals surface area contributed by atoms with Gasteiger partial charge in [-0.25, -0.2) is 22.5 Å². The van der Waals surface area contributed by atoms with Crippen molar-refractivity contribution in [1.82, 2.24) is 9.55 Å². The number of fused-ring (bicyclic) bond motifs is 1. The standard InChI is InChI=1S/C13H17F3N3O7P/c1-5(2)25-27(22)23-4-13(11(15)16)8(26-27)7(20)10(24-13)19-3-6(14)9(17)18-12(19)21/h3,5,7-8,10-11,20H,4H2,1-2H3,(H2,17,18,21)/t7-,8+,10-,13-,27?/m0/s1. The number of aliphatic hydroxyl groups excluding tert-OH is 1. The Labute approximate surface area is 150 Å². The second-order valence-corrected chi connectivity index (χ2v) is 7.89. The largest absolute Gasteiger partial charge is 0.475 e. The van der Waals surface area contributed by atoms with Crippen molar-refractivity contribution in [2.45, 2.75) is 50.4 Å². The summed E-state index contributed by atoms with van der Waals surface area (Å²) >= 11 is 0. The first kappa shape index (κ1) is 20.2. The van der Waals surface area contributed by atoms with Crippen LogP contribution >= 0.6 is 7.82 Å². The van der Waals surface area contributed by atoms with Gasteiger partial charge in [-0.3, -0.25) is 18.1 Å². The summed E-state index contributed by atoms with van der Waals surface area (Å²) in [5.74, 6) is -1.84. The molecule has 1 aromatic heterocycles. The van der Waals surface area contributed by atoms with Gasteiger partial charge >= 0.3 is 13.5 Å². The van der Waals surface area contributed by atoms with E-state index in [2.05, 4.69) is 4.98 Å². The van der Waals surface area contributed by atoms with E-state index in [1.807, 2.05) is 0 Å². The molecule has 0 aliphatic carbocycles. The number of nitrogens with zero attached hydrogens (tertiary/aromatic N) is 2. The minimum absolute atomic E-state index is 0.455. The molecule has 0 aromatic carbocycles. The molecule has 14 heteroatoms. The van der Waals surface area contributed by atoms with Crippen LogP contribution in [0, 0.1) is 5.82 Å². The van der Waals surface area contributed by atoms with E-state index >= 15 is 0 Å². The van der Waals surface area contributed by atoms with Gasteiger partial charge in [0.05, 0.1) is 18.9 Å². The van der Waals surface area contributed by atoms with Gasteiger partial charge in [-0.15, -0.1) is 0 Å². The zero-order valence-electron chi connectivity index (χ0n) is 14.1. The van der Waals surface area contributed by atoms with Gasteiger partial charge in [-0.05, 0) is 13.8 Å². The Hall–Kier alpha value is -1.50. The number of aliphatic hydroxyl groups is 1. The highest BCUT2D eigenvalue weighted by Crippen LogP contribution is 2.61. The minimum atomic E-state index is -4.28. The molecule has 152 valence electrons. The SMILES string of the molecule is CC(C)OP1(=O)OC[C@]2(C(F)F)O[C@H](n3cc(F)c(N)nc3=O)[C@@H](O)[C@H]2O1. The summed E-state index contributed by atoms with van der Waals surface area (Å²) in [4.78, 5) is 15.1. The first-order valence-electron chi connectivity index (χ1n) is 7.78. The molecule has 0 radical (unpaired) electrons. The highest BCUT2D eigenvalue weighted by Gasteiger charge is 2.67. The second-order valence-electron chi connectivity index (χ2n) is 6.32. The van der Waals surface area contributed by atoms with E-state index in [-0.39, 0.29) is 0 Å². The summed E-state index contributed by atoms with van der Waals surface area (Å²) < 4.78 is 74.2. The lowest BCUT2D eigenvalue weighted by Gasteiger charge is -2.39. The number of halogens is 3. The van der Waals surface area contributed by atoms with E-state index < -0.39 is 68.3 Å². The Balaban J connectivity index is 2.00. The van der Waals surface area contributed by atoms with Gasteiger partial charge in [-0.1, -0.05) is 0 Å². The lowest BCUT2D eigenvalue weighted by atomic mass is 9.96. The fourth-order valence-corrected chi connectivity index (χ4v) is 4.46. The molecule has 3 N–H and O–H groups in total. The Kier molecular flexibility index (Phi) is 5.12. The van der Waals surface area contributed by atoms with E-state index in [0.29, 0.717) is 10.8 Å². The predicted molar refractivity (Wildman–Crippen MR) is 82.4 cm³/mol. The van der Waals surface area contributed by atoms with Gasteiger partial charge in [0.1, 0.15) is 12.2 Å². The highest BCUT2D eigenvalue weighted by atomic mass is 31.2. The van der Waals surface area contributed by atoms with Gasteiger partial charge < -0.3 is 15.6 Å². The molecule has 5 atom stereocenters. The zero-order valence-corrected chi connectivity index (χ0v) is 15.0. The number of hydrogen-bond donors (Lipinski definition) is 2. The minimum Gasteiger partial charge on any atom is -0.386 e. The van der Waals surface area contributed by atoms with Gasteiger partial charge in [0.15, 0.2) is 23.5 Å². The fraction of sp³-hybridized carbons (Fsp3) is 0.692. The number of ether oxygens (including phenoxy) is 1. The van der Waals surface area contributed by atoms with Crippen LogP contribution in [0.5, 0.6) is 0 Å². The normalized spacial score (nSPS) is 36.4. The van der Waals surface area contributed by atoms with E-state index in [1.54, 1.807) is 0 Å². The maximum Gasteiger partial charge on any atom is 0.475 e. The summed E-state index contributed by atoms with van der Waals surface area (Å²) in [6, 6.07) is 0. The van der Waals surface area contributed by atoms with Crippen molar-refractivity contribution < 1.29 is 41.2 Å². The molecule has 2 aliphatic rings. The summed E-state index contributed by atoms with van der Waals surface area (Å²) in [5.41, 5.74) is 1.47. The van der Waals surface area contributed by atoms with Crippen LogP contribution in [0.25, 0.3) is 0 Å². The molecule has 1 unspecified atom stereocenters. The molecule has 10 nitrogen and oxygen atoms in total. The lowest BCUT2D eigenvalue weighted by molar-refractivity contribution is -0.208. The molecular weight excluding hydrogens is 398 g/mol. The smallest absolute Gasteiger partial charge is 0.386 e. The third kappa shape index (κ3) is 3.39. The van der Waals surface area contributed by atoms with Crippen LogP contribution in [-0.2, 0) is 22.9 Å². The molecule has 0 bridgehead atoms. The van der Waals surface area contributed by atoms with Crippen LogP contribution in [0.15, 0.2) is 11.0 Å². The average molecular weight is 415 g/mol. The number of aromatic nitrogens is 2. The molecule has 2 saturated heterocycles. The van der Waals surface area contributed by atoms with E-state index in [9.17, 15) is 27.6 Å². The van der Waals surface area contributed by atoms with Gasteiger partial charge in [0.25, 0.3) is 6.43 Å². The molecule has 3 heterocycles. The van der Waals surface area contributed by atoms with Crippen molar-refractivity contribution in [3.8, 4) is 0 Å². The van der Waals surface area contributed by atoms with Gasteiger partial charge in [0.2, 0.25) is 0 Å². The van der Waals surface area contributed by atoms with E-state index in [1.165, 1.54) is 13.8 Å². The van der Waals surface area contributed by atoms with Crippen molar-refractivity contribution in [2.24, 2.45) is 0 Å². The maximum atomic E-state index is 13.8. The van der Waals surface area contributed by atoms with Crippen LogP contribution in [0.1, 0.15) is 20.1 Å². The number of nitrogens with two attached hydrogens (primary N) is 1. The number of nitrogen functional groups attached to an aromatic ring is 1. The highest BCUT2D eigenvalue weighted by molar-refractivity contribution is 7.48. The van der Waals surface area contributed by atoms with E-state index in [0.717, 1.165) is 0 Å². The Morgan fingerprint density at radius 1 is 1.52 bits per heavy atom. The lowest BCUT2D eigenvalue weighted by Crippen LogP contribution is -2.56. The van der Waals surface area contributed by atoms with Gasteiger partial charge in [0, 0.05) is 0 Å². The van der Waals surface area contributed by atoms with Crippen LogP contribution in [0.4, 0.5) is 19.0 Å². The summed E-state index contributed by atoms with van der Waals surface area (Å²) in [6.45, 7) is 2.06. The number of phosphoric acid groups is 1. The van der Waals surface area contributed by atoms with E-state index in [4.69, 9.17) is 24.0 Å². The quantitative estimate of drug-likeness (QED) is 0.685. The molecule has 0 spiro atoms. The fourth-order valence-electron chi connectivity index (χ4n) is 2.83. The van der Waals surface area contributed by atoms with Crippen molar-refractivity contribution >= 4 is 13.6 Å². The molecule has 27 heavy (non-hydrogen) atoms. The number of hydrogen-bond acceptors (Lipinski definition) is 9. The number of anilines is 1. The number of rotatable bonds is 4. The monoisotopic (exact) mass is 415 g/mol. The Morgan fingerprint density at radius 2 is 2.19 bits per heavy atom. The van der Waals surface area contributed by atoms with Gasteiger partial charge in [-0.2, -0.15) is 4.98 Å². The molecular formula is C13H17F3N3O7P. The second kappa shape index (κ2) is 6.83. The van der Waals surface area contributed by atoms with Crippen molar-refractivity contribution in [2.75, 3.05) is 12.3 Å². The first-order chi connectivity index (χ1) is 12.5. The van der Waals surface area contributed by atoms with Crippen molar-refractivity contribution in [3.63, 3.8) is 0 Å². The first-order valence-corrected chi connectivity index (χ1v) is 9.25. The Morgan fingerprint density at radius 3 is 2.78 bits per heavy atom. The third-order valence-corrected chi connectivity index (χ3v) is 5.64. The van der Waals surface area contributed by atoms with Crippen LogP contribution in [-0.4, -0.2) is 51.6 Å². The summed E-state index contributed by atoms with van der Waals surface area (Å²) in [6.07, 6.45) is -8.98. The molecule has 0 saturated carbocycles. The maximum absolute atomic E-state index is 13.8. The average Bonchev–Trinajstić information content (AvgIpc) is 2.84. The molecule has 2 aliphatic heterocycles.